The van der Waals surface area contributed by atoms with Gasteiger partial charge in [-0.05, 0) is 13.0 Å². The molecule has 2 aromatic rings. The van der Waals surface area contributed by atoms with Crippen molar-refractivity contribution in [2.45, 2.75) is 13.5 Å². The minimum Gasteiger partial charge on any atom is -0.504 e. The van der Waals surface area contributed by atoms with Gasteiger partial charge in [-0.1, -0.05) is 12.1 Å². The van der Waals surface area contributed by atoms with Gasteiger partial charge in [0.15, 0.2) is 11.5 Å². The molecule has 0 saturated carbocycles. The highest BCUT2D eigenvalue weighted by Crippen LogP contribution is 2.36. The first-order valence-electron chi connectivity index (χ1n) is 5.15. The molecule has 1 heterocycles. The Labute approximate surface area is 94.1 Å². The van der Waals surface area contributed by atoms with Gasteiger partial charge >= 0.3 is 0 Å². The topological polar surface area (TPSA) is 47.3 Å². The molecule has 0 bridgehead atoms. The van der Waals surface area contributed by atoms with Crippen molar-refractivity contribution in [3.8, 4) is 22.6 Å². The molecule has 0 saturated heterocycles. The van der Waals surface area contributed by atoms with Crippen molar-refractivity contribution in [1.82, 2.24) is 9.78 Å². The average molecular weight is 218 g/mol. The lowest BCUT2D eigenvalue weighted by Crippen LogP contribution is -1.92. The summed E-state index contributed by atoms with van der Waals surface area (Å²) < 4.78 is 6.88. The van der Waals surface area contributed by atoms with E-state index in [0.717, 1.165) is 17.7 Å². The quantitative estimate of drug-likeness (QED) is 0.859. The van der Waals surface area contributed by atoms with Crippen LogP contribution in [0.2, 0.25) is 0 Å². The summed E-state index contributed by atoms with van der Waals surface area (Å²) in [6.45, 7) is 2.83. The maximum absolute atomic E-state index is 9.96. The Balaban J connectivity index is 2.47. The number of phenols is 1. The van der Waals surface area contributed by atoms with E-state index >= 15 is 0 Å². The molecule has 84 valence electrons. The number of aromatic nitrogens is 2. The Bertz CT molecular complexity index is 492. The number of aryl methyl sites for hydroxylation is 1. The first-order chi connectivity index (χ1) is 7.76. The molecule has 0 spiro atoms. The first-order valence-corrected chi connectivity index (χ1v) is 5.15. The predicted octanol–water partition coefficient (Wildman–Crippen LogP) is 2.28. The summed E-state index contributed by atoms with van der Waals surface area (Å²) in [4.78, 5) is 0. The van der Waals surface area contributed by atoms with Gasteiger partial charge in [-0.15, -0.1) is 0 Å². The van der Waals surface area contributed by atoms with Crippen LogP contribution in [0.15, 0.2) is 30.6 Å². The van der Waals surface area contributed by atoms with Crippen LogP contribution in [0.3, 0.4) is 0 Å². The van der Waals surface area contributed by atoms with Crippen molar-refractivity contribution >= 4 is 0 Å². The van der Waals surface area contributed by atoms with Gasteiger partial charge in [0.05, 0.1) is 13.3 Å². The molecule has 0 atom stereocenters. The van der Waals surface area contributed by atoms with Crippen LogP contribution in [0, 0.1) is 0 Å². The molecule has 0 fully saturated rings. The normalized spacial score (nSPS) is 10.4. The summed E-state index contributed by atoms with van der Waals surface area (Å²) in [5.41, 5.74) is 1.62. The molecular weight excluding hydrogens is 204 g/mol. The number of hydrogen-bond acceptors (Lipinski definition) is 3. The highest BCUT2D eigenvalue weighted by molar-refractivity contribution is 5.72. The van der Waals surface area contributed by atoms with Gasteiger partial charge in [-0.2, -0.15) is 5.10 Å². The number of methoxy groups -OCH3 is 1. The fourth-order valence-corrected chi connectivity index (χ4v) is 1.60. The smallest absolute Gasteiger partial charge is 0.165 e. The van der Waals surface area contributed by atoms with Crippen LogP contribution in [-0.4, -0.2) is 22.0 Å². The summed E-state index contributed by atoms with van der Waals surface area (Å²) in [7, 11) is 1.54. The Morgan fingerprint density at radius 3 is 2.88 bits per heavy atom. The lowest BCUT2D eigenvalue weighted by molar-refractivity contribution is 0.374. The standard InChI is InChI=1S/C12H14N2O2/c1-3-14-8-9(7-13-14)10-5-4-6-11(16-2)12(10)15/h4-8,15H,3H2,1-2H3. The highest BCUT2D eigenvalue weighted by Gasteiger charge is 2.10. The Kier molecular flexibility index (Phi) is 2.81. The van der Waals surface area contributed by atoms with E-state index in [0.29, 0.717) is 5.75 Å². The van der Waals surface area contributed by atoms with Gasteiger partial charge in [-0.25, -0.2) is 0 Å². The summed E-state index contributed by atoms with van der Waals surface area (Å²) in [5, 5.41) is 14.1. The van der Waals surface area contributed by atoms with E-state index < -0.39 is 0 Å². The van der Waals surface area contributed by atoms with Crippen LogP contribution in [0.25, 0.3) is 11.1 Å². The third-order valence-corrected chi connectivity index (χ3v) is 2.49. The third-order valence-electron chi connectivity index (χ3n) is 2.49. The lowest BCUT2D eigenvalue weighted by atomic mass is 10.1. The number of rotatable bonds is 3. The number of benzene rings is 1. The molecule has 0 aliphatic carbocycles. The molecule has 1 aromatic carbocycles. The Hall–Kier alpha value is -1.97. The molecule has 0 amide bonds. The van der Waals surface area contributed by atoms with E-state index in [9.17, 15) is 5.11 Å². The van der Waals surface area contributed by atoms with Crippen molar-refractivity contribution in [2.75, 3.05) is 7.11 Å². The lowest BCUT2D eigenvalue weighted by Gasteiger charge is -2.06. The third kappa shape index (κ3) is 1.74. The second kappa shape index (κ2) is 4.26. The summed E-state index contributed by atoms with van der Waals surface area (Å²) >= 11 is 0. The monoisotopic (exact) mass is 218 g/mol. The minimum atomic E-state index is 0.153. The average Bonchev–Trinajstić information content (AvgIpc) is 2.78. The molecule has 4 nitrogen and oxygen atoms in total. The summed E-state index contributed by atoms with van der Waals surface area (Å²) in [6, 6.07) is 5.41. The highest BCUT2D eigenvalue weighted by atomic mass is 16.5. The number of para-hydroxylation sites is 1. The zero-order valence-corrected chi connectivity index (χ0v) is 9.34. The fourth-order valence-electron chi connectivity index (χ4n) is 1.60. The van der Waals surface area contributed by atoms with Crippen molar-refractivity contribution in [1.29, 1.82) is 0 Å². The van der Waals surface area contributed by atoms with E-state index in [4.69, 9.17) is 4.74 Å². The van der Waals surface area contributed by atoms with Gasteiger partial charge in [0.25, 0.3) is 0 Å². The van der Waals surface area contributed by atoms with Crippen LogP contribution in [-0.2, 0) is 6.54 Å². The maximum Gasteiger partial charge on any atom is 0.165 e. The van der Waals surface area contributed by atoms with Crippen LogP contribution >= 0.6 is 0 Å². The van der Waals surface area contributed by atoms with Gasteiger partial charge in [0, 0.05) is 23.9 Å². The van der Waals surface area contributed by atoms with Crippen molar-refractivity contribution in [2.24, 2.45) is 0 Å². The Morgan fingerprint density at radius 2 is 2.25 bits per heavy atom. The van der Waals surface area contributed by atoms with Crippen LogP contribution in [0.4, 0.5) is 0 Å². The first kappa shape index (κ1) is 10.5. The zero-order valence-electron chi connectivity index (χ0n) is 9.34. The molecule has 0 radical (unpaired) electrons. The number of ether oxygens (including phenoxy) is 1. The molecular formula is C12H14N2O2. The Morgan fingerprint density at radius 1 is 1.44 bits per heavy atom. The van der Waals surface area contributed by atoms with Crippen LogP contribution in [0.1, 0.15) is 6.92 Å². The van der Waals surface area contributed by atoms with E-state index in [2.05, 4.69) is 5.10 Å². The molecule has 1 N–H and O–H groups in total. The van der Waals surface area contributed by atoms with Crippen molar-refractivity contribution < 1.29 is 9.84 Å². The van der Waals surface area contributed by atoms with Crippen LogP contribution in [0.5, 0.6) is 11.5 Å². The fraction of sp³-hybridized carbons (Fsp3) is 0.250. The van der Waals surface area contributed by atoms with Crippen molar-refractivity contribution in [3.05, 3.63) is 30.6 Å². The zero-order chi connectivity index (χ0) is 11.5. The SMILES string of the molecule is CCn1cc(-c2cccc(OC)c2O)cn1. The van der Waals surface area contributed by atoms with Gasteiger partial charge in [0.2, 0.25) is 0 Å². The molecule has 2 rings (SSSR count). The second-order valence-corrected chi connectivity index (χ2v) is 3.44. The molecule has 0 unspecified atom stereocenters. The number of nitrogens with zero attached hydrogens (tertiary/aromatic N) is 2. The van der Waals surface area contributed by atoms with Gasteiger partial charge < -0.3 is 9.84 Å². The van der Waals surface area contributed by atoms with Gasteiger partial charge in [-0.3, -0.25) is 4.68 Å². The predicted molar refractivity (Wildman–Crippen MR) is 61.6 cm³/mol. The minimum absolute atomic E-state index is 0.153. The second-order valence-electron chi connectivity index (χ2n) is 3.44. The van der Waals surface area contributed by atoms with Crippen LogP contribution < -0.4 is 4.74 Å². The van der Waals surface area contributed by atoms with Gasteiger partial charge in [0.1, 0.15) is 0 Å². The van der Waals surface area contributed by atoms with E-state index in [1.165, 1.54) is 7.11 Å². The molecule has 0 aliphatic rings. The largest absolute Gasteiger partial charge is 0.504 e. The summed E-state index contributed by atoms with van der Waals surface area (Å²) in [6.07, 6.45) is 3.63. The summed E-state index contributed by atoms with van der Waals surface area (Å²) in [5.74, 6) is 0.627. The van der Waals surface area contributed by atoms with E-state index in [1.807, 2.05) is 29.9 Å². The number of hydrogen-bond donors (Lipinski definition) is 1. The van der Waals surface area contributed by atoms with E-state index in [-0.39, 0.29) is 5.75 Å². The van der Waals surface area contributed by atoms with Crippen molar-refractivity contribution in [3.63, 3.8) is 0 Å². The molecule has 1 aromatic heterocycles. The molecule has 16 heavy (non-hydrogen) atoms. The van der Waals surface area contributed by atoms with E-state index in [1.54, 1.807) is 12.3 Å². The number of aromatic hydroxyl groups is 1. The molecule has 4 heteroatoms. The molecule has 0 aliphatic heterocycles. The number of phenolic OH excluding ortho intramolecular Hbond substituents is 1. The maximum atomic E-state index is 9.96.